The molecule has 136 valence electrons. The molecule has 0 saturated heterocycles. The van der Waals surface area contributed by atoms with Crippen molar-refractivity contribution in [3.63, 3.8) is 0 Å². The van der Waals surface area contributed by atoms with Gasteiger partial charge in [0.1, 0.15) is 0 Å². The molecule has 0 aliphatic carbocycles. The van der Waals surface area contributed by atoms with Crippen LogP contribution < -0.4 is 0 Å². The van der Waals surface area contributed by atoms with Crippen molar-refractivity contribution in [2.24, 2.45) is 4.99 Å². The summed E-state index contributed by atoms with van der Waals surface area (Å²) in [6.45, 7) is 3.67. The number of fused-ring (bicyclic) bond motifs is 1. The van der Waals surface area contributed by atoms with Crippen LogP contribution in [0, 0.1) is 5.41 Å². The highest BCUT2D eigenvalue weighted by Crippen LogP contribution is 2.33. The van der Waals surface area contributed by atoms with E-state index in [-0.39, 0.29) is 0 Å². The highest BCUT2D eigenvalue weighted by Gasteiger charge is 2.10. The zero-order valence-corrected chi connectivity index (χ0v) is 15.8. The Morgan fingerprint density at radius 2 is 1.64 bits per heavy atom. The molecule has 2 heterocycles. The van der Waals surface area contributed by atoms with Crippen LogP contribution in [0.3, 0.4) is 0 Å². The third kappa shape index (κ3) is 3.32. The molecule has 0 aliphatic heterocycles. The Labute approximate surface area is 164 Å². The lowest BCUT2D eigenvalue weighted by Gasteiger charge is -2.11. The number of aliphatic imine (C=N–C) groups is 1. The molecule has 0 saturated carbocycles. The molecular weight excluding hydrogens is 344 g/mol. The van der Waals surface area contributed by atoms with Gasteiger partial charge in [-0.25, -0.2) is 0 Å². The Hall–Kier alpha value is -3.66. The van der Waals surface area contributed by atoms with Crippen molar-refractivity contribution in [1.29, 1.82) is 5.41 Å². The van der Waals surface area contributed by atoms with E-state index in [4.69, 9.17) is 5.41 Å². The molecule has 0 atom stereocenters. The molecule has 0 fully saturated rings. The average Bonchev–Trinajstić information content (AvgIpc) is 2.74. The van der Waals surface area contributed by atoms with Crippen LogP contribution in [0.4, 0.5) is 5.69 Å². The van der Waals surface area contributed by atoms with Crippen LogP contribution in [-0.2, 0) is 0 Å². The summed E-state index contributed by atoms with van der Waals surface area (Å²) < 4.78 is 0. The topological polar surface area (TPSA) is 62.0 Å². The van der Waals surface area contributed by atoms with Gasteiger partial charge in [-0.2, -0.15) is 0 Å². The molecule has 0 bridgehead atoms. The summed E-state index contributed by atoms with van der Waals surface area (Å²) >= 11 is 0. The van der Waals surface area contributed by atoms with Crippen LogP contribution in [0.5, 0.6) is 0 Å². The molecule has 2 aromatic heterocycles. The highest BCUT2D eigenvalue weighted by molar-refractivity contribution is 6.03. The van der Waals surface area contributed by atoms with Gasteiger partial charge in [0, 0.05) is 41.5 Å². The fourth-order valence-electron chi connectivity index (χ4n) is 3.38. The van der Waals surface area contributed by atoms with Gasteiger partial charge in [-0.05, 0) is 78.6 Å². The quantitative estimate of drug-likeness (QED) is 0.446. The van der Waals surface area contributed by atoms with Crippen molar-refractivity contribution in [3.05, 3.63) is 78.8 Å². The molecule has 0 unspecified atom stereocenters. The third-order valence-corrected chi connectivity index (χ3v) is 4.73. The molecule has 4 heteroatoms. The van der Waals surface area contributed by atoms with Gasteiger partial charge in [-0.1, -0.05) is 12.1 Å². The lowest BCUT2D eigenvalue weighted by molar-refractivity contribution is 1.33. The maximum absolute atomic E-state index is 8.10. The molecule has 0 amide bonds. The van der Waals surface area contributed by atoms with Crippen LogP contribution in [0.15, 0.2) is 78.2 Å². The fourth-order valence-corrected chi connectivity index (χ4v) is 3.38. The lowest BCUT2D eigenvalue weighted by Crippen LogP contribution is -1.94. The molecule has 0 radical (unpaired) electrons. The Kier molecular flexibility index (Phi) is 4.77. The van der Waals surface area contributed by atoms with Crippen molar-refractivity contribution < 1.29 is 0 Å². The van der Waals surface area contributed by atoms with Gasteiger partial charge in [0.15, 0.2) is 0 Å². The minimum Gasteiger partial charge on any atom is -0.305 e. The van der Waals surface area contributed by atoms with Crippen LogP contribution in [0.2, 0.25) is 0 Å². The second-order valence-corrected chi connectivity index (χ2v) is 6.57. The predicted octanol–water partition coefficient (Wildman–Crippen LogP) is 6.07. The summed E-state index contributed by atoms with van der Waals surface area (Å²) in [6.07, 6.45) is 7.20. The number of aromatic nitrogens is 2. The summed E-state index contributed by atoms with van der Waals surface area (Å²) in [5.41, 5.74) is 7.51. The van der Waals surface area contributed by atoms with Crippen molar-refractivity contribution in [1.82, 2.24) is 9.97 Å². The molecule has 4 nitrogen and oxygen atoms in total. The molecule has 4 aromatic rings. The second-order valence-electron chi connectivity index (χ2n) is 6.57. The molecule has 2 aromatic carbocycles. The molecule has 0 aliphatic rings. The Bertz CT molecular complexity index is 1190. The standard InChI is InChI=1S/C24H20N4/c1-3-27-23-6-4-18(14-21(23)16(2)25)19-5-7-24-22(15-19)20(10-13-28-24)17-8-11-26-12-9-17/h3-15,25H,1-2H3. The number of benzene rings is 2. The van der Waals surface area contributed by atoms with Gasteiger partial charge >= 0.3 is 0 Å². The Morgan fingerprint density at radius 1 is 0.893 bits per heavy atom. The maximum atomic E-state index is 8.10. The van der Waals surface area contributed by atoms with Crippen LogP contribution in [0.25, 0.3) is 33.2 Å². The van der Waals surface area contributed by atoms with E-state index in [1.807, 2.05) is 49.5 Å². The van der Waals surface area contributed by atoms with E-state index in [2.05, 4.69) is 33.2 Å². The first-order valence-electron chi connectivity index (χ1n) is 9.15. The normalized spacial score (nSPS) is 11.2. The van der Waals surface area contributed by atoms with Crippen molar-refractivity contribution >= 4 is 28.5 Å². The molecule has 1 N–H and O–H groups in total. The summed E-state index contributed by atoms with van der Waals surface area (Å²) in [5.74, 6) is 0. The van der Waals surface area contributed by atoms with E-state index in [0.29, 0.717) is 5.71 Å². The summed E-state index contributed by atoms with van der Waals surface area (Å²) in [4.78, 5) is 13.0. The van der Waals surface area contributed by atoms with Crippen LogP contribution in [0.1, 0.15) is 19.4 Å². The first-order valence-corrected chi connectivity index (χ1v) is 9.15. The summed E-state index contributed by atoms with van der Waals surface area (Å²) in [6, 6.07) is 18.4. The first kappa shape index (κ1) is 17.7. The minimum absolute atomic E-state index is 0.502. The Morgan fingerprint density at radius 3 is 2.39 bits per heavy atom. The maximum Gasteiger partial charge on any atom is 0.0716 e. The van der Waals surface area contributed by atoms with E-state index in [1.165, 1.54) is 0 Å². The third-order valence-electron chi connectivity index (χ3n) is 4.73. The van der Waals surface area contributed by atoms with Gasteiger partial charge in [-0.3, -0.25) is 15.0 Å². The fraction of sp³-hybridized carbons (Fsp3) is 0.0833. The van der Waals surface area contributed by atoms with E-state index >= 15 is 0 Å². The van der Waals surface area contributed by atoms with Crippen molar-refractivity contribution in [2.75, 3.05) is 0 Å². The monoisotopic (exact) mass is 364 g/mol. The van der Waals surface area contributed by atoms with Crippen molar-refractivity contribution in [2.45, 2.75) is 13.8 Å². The number of hydrogen-bond acceptors (Lipinski definition) is 4. The van der Waals surface area contributed by atoms with E-state index in [0.717, 1.165) is 44.4 Å². The largest absolute Gasteiger partial charge is 0.305 e. The van der Waals surface area contributed by atoms with Gasteiger partial charge in [0.2, 0.25) is 0 Å². The van der Waals surface area contributed by atoms with Gasteiger partial charge < -0.3 is 5.41 Å². The zero-order valence-electron chi connectivity index (χ0n) is 15.8. The second kappa shape index (κ2) is 7.53. The predicted molar refractivity (Wildman–Crippen MR) is 117 cm³/mol. The first-order chi connectivity index (χ1) is 13.7. The van der Waals surface area contributed by atoms with E-state index < -0.39 is 0 Å². The van der Waals surface area contributed by atoms with Crippen LogP contribution in [-0.4, -0.2) is 21.9 Å². The number of rotatable bonds is 4. The van der Waals surface area contributed by atoms with Crippen LogP contribution >= 0.6 is 0 Å². The van der Waals surface area contributed by atoms with E-state index in [1.54, 1.807) is 25.5 Å². The molecular formula is C24H20N4. The summed E-state index contributed by atoms with van der Waals surface area (Å²) in [5, 5.41) is 9.19. The number of pyridine rings is 2. The van der Waals surface area contributed by atoms with Gasteiger partial charge in [-0.15, -0.1) is 0 Å². The average molecular weight is 364 g/mol. The molecule has 28 heavy (non-hydrogen) atoms. The minimum atomic E-state index is 0.502. The van der Waals surface area contributed by atoms with Gasteiger partial charge in [0.05, 0.1) is 11.2 Å². The zero-order chi connectivity index (χ0) is 19.5. The highest BCUT2D eigenvalue weighted by atomic mass is 14.7. The number of hydrogen-bond donors (Lipinski definition) is 1. The summed E-state index contributed by atoms with van der Waals surface area (Å²) in [7, 11) is 0. The smallest absolute Gasteiger partial charge is 0.0716 e. The van der Waals surface area contributed by atoms with E-state index in [9.17, 15) is 0 Å². The van der Waals surface area contributed by atoms with Gasteiger partial charge in [0.25, 0.3) is 0 Å². The number of nitrogens with zero attached hydrogens (tertiary/aromatic N) is 3. The lowest BCUT2D eigenvalue weighted by atomic mass is 9.96. The Balaban J connectivity index is 1.89. The molecule has 0 spiro atoms. The molecule has 4 rings (SSSR count). The number of nitrogens with one attached hydrogen (secondary N) is 1. The van der Waals surface area contributed by atoms with Crippen molar-refractivity contribution in [3.8, 4) is 22.3 Å². The SMILES string of the molecule is CC=Nc1ccc(-c2ccc3nccc(-c4ccncc4)c3c2)cc1C(C)=N.